The van der Waals surface area contributed by atoms with Crippen molar-refractivity contribution in [2.75, 3.05) is 19.7 Å². The van der Waals surface area contributed by atoms with E-state index >= 15 is 0 Å². The van der Waals surface area contributed by atoms with Crippen LogP contribution in [0.3, 0.4) is 0 Å². The molecule has 4 nitrogen and oxygen atoms in total. The van der Waals surface area contributed by atoms with Gasteiger partial charge >= 0.3 is 0 Å². The lowest BCUT2D eigenvalue weighted by Crippen LogP contribution is -2.34. The van der Waals surface area contributed by atoms with Crippen LogP contribution >= 0.6 is 0 Å². The Kier molecular flexibility index (Phi) is 5.55. The highest BCUT2D eigenvalue weighted by atomic mass is 19.1. The summed E-state index contributed by atoms with van der Waals surface area (Å²) in [6.45, 7) is 5.10. The molecule has 2 aromatic carbocycles. The number of hydrogen-bond donors (Lipinski definition) is 1. The Labute approximate surface area is 165 Å². The molecule has 0 saturated carbocycles. The molecule has 0 amide bonds. The average molecular weight is 379 g/mol. The van der Waals surface area contributed by atoms with Crippen molar-refractivity contribution >= 4 is 0 Å². The molecule has 146 valence electrons. The molecule has 28 heavy (non-hydrogen) atoms. The first-order chi connectivity index (χ1) is 13.6. The fraction of sp³-hybridized carbons (Fsp3) is 0.348. The molecule has 0 unspecified atom stereocenters. The number of aliphatic hydroxyl groups is 1. The number of benzene rings is 2. The Bertz CT molecular complexity index is 910. The molecule has 2 heterocycles. The van der Waals surface area contributed by atoms with Gasteiger partial charge in [0.1, 0.15) is 5.82 Å². The third-order valence-corrected chi connectivity index (χ3v) is 5.57. The molecule has 0 spiro atoms. The highest BCUT2D eigenvalue weighted by Crippen LogP contribution is 2.27. The van der Waals surface area contributed by atoms with Crippen LogP contribution in [0.5, 0.6) is 0 Å². The number of piperidine rings is 1. The van der Waals surface area contributed by atoms with Gasteiger partial charge in [-0.2, -0.15) is 5.10 Å². The third kappa shape index (κ3) is 4.16. The standard InChI is InChI=1S/C23H26FN3O/c1-17-2-8-22(9-3-17)27-15-20(14-26-12-10-18(16-28)11-13-26)23(25-27)19-4-6-21(24)7-5-19/h2-9,15,18,28H,10-14,16H2,1H3. The summed E-state index contributed by atoms with van der Waals surface area (Å²) in [7, 11) is 0. The van der Waals surface area contributed by atoms with Gasteiger partial charge in [0.05, 0.1) is 11.4 Å². The number of rotatable bonds is 5. The average Bonchev–Trinajstić information content (AvgIpc) is 3.13. The molecule has 1 aliphatic heterocycles. The molecule has 1 saturated heterocycles. The van der Waals surface area contributed by atoms with E-state index in [0.717, 1.165) is 55.0 Å². The molecule has 1 fully saturated rings. The van der Waals surface area contributed by atoms with E-state index in [1.807, 2.05) is 4.68 Å². The highest BCUT2D eigenvalue weighted by molar-refractivity contribution is 5.63. The largest absolute Gasteiger partial charge is 0.396 e. The molecule has 1 N–H and O–H groups in total. The molecule has 0 atom stereocenters. The Hall–Kier alpha value is -2.50. The first-order valence-corrected chi connectivity index (χ1v) is 9.87. The van der Waals surface area contributed by atoms with Crippen LogP contribution in [0.2, 0.25) is 0 Å². The maximum atomic E-state index is 13.4. The fourth-order valence-electron chi connectivity index (χ4n) is 3.77. The minimum atomic E-state index is -0.241. The van der Waals surface area contributed by atoms with Crippen molar-refractivity contribution in [3.63, 3.8) is 0 Å². The Balaban J connectivity index is 1.64. The summed E-state index contributed by atoms with van der Waals surface area (Å²) < 4.78 is 15.3. The molecule has 1 aliphatic rings. The minimum absolute atomic E-state index is 0.241. The Morgan fingerprint density at radius 1 is 1.04 bits per heavy atom. The van der Waals surface area contributed by atoms with Gasteiger partial charge in [-0.1, -0.05) is 17.7 Å². The van der Waals surface area contributed by atoms with Crippen molar-refractivity contribution in [1.82, 2.24) is 14.7 Å². The number of aromatic nitrogens is 2. The maximum absolute atomic E-state index is 13.4. The van der Waals surface area contributed by atoms with E-state index in [1.54, 1.807) is 12.1 Å². The van der Waals surface area contributed by atoms with E-state index in [4.69, 9.17) is 5.10 Å². The smallest absolute Gasteiger partial charge is 0.123 e. The van der Waals surface area contributed by atoms with Crippen LogP contribution < -0.4 is 0 Å². The molecule has 5 heteroatoms. The van der Waals surface area contributed by atoms with Crippen molar-refractivity contribution in [3.05, 3.63) is 71.7 Å². The van der Waals surface area contributed by atoms with E-state index in [-0.39, 0.29) is 12.4 Å². The zero-order chi connectivity index (χ0) is 19.5. The molecule has 4 rings (SSSR count). The molecule has 0 bridgehead atoms. The van der Waals surface area contributed by atoms with E-state index in [0.29, 0.717) is 5.92 Å². The summed E-state index contributed by atoms with van der Waals surface area (Å²) in [5.41, 5.74) is 5.17. The van der Waals surface area contributed by atoms with Gasteiger partial charge in [0.25, 0.3) is 0 Å². The van der Waals surface area contributed by atoms with Crippen molar-refractivity contribution in [1.29, 1.82) is 0 Å². The topological polar surface area (TPSA) is 41.3 Å². The monoisotopic (exact) mass is 379 g/mol. The van der Waals surface area contributed by atoms with Gasteiger partial charge in [0, 0.05) is 30.5 Å². The first kappa shape index (κ1) is 18.8. The van der Waals surface area contributed by atoms with E-state index in [1.165, 1.54) is 17.7 Å². The number of aliphatic hydroxyl groups excluding tert-OH is 1. The zero-order valence-corrected chi connectivity index (χ0v) is 16.2. The Morgan fingerprint density at radius 3 is 2.36 bits per heavy atom. The second kappa shape index (κ2) is 8.25. The lowest BCUT2D eigenvalue weighted by Gasteiger charge is -2.30. The second-order valence-corrected chi connectivity index (χ2v) is 7.69. The normalized spacial score (nSPS) is 15.8. The summed E-state index contributed by atoms with van der Waals surface area (Å²) in [5.74, 6) is 0.178. The van der Waals surface area contributed by atoms with Crippen molar-refractivity contribution < 1.29 is 9.50 Å². The van der Waals surface area contributed by atoms with E-state index < -0.39 is 0 Å². The van der Waals surface area contributed by atoms with Crippen LogP contribution in [0, 0.1) is 18.7 Å². The van der Waals surface area contributed by atoms with Crippen LogP contribution in [0.1, 0.15) is 24.0 Å². The van der Waals surface area contributed by atoms with Gasteiger partial charge < -0.3 is 5.11 Å². The third-order valence-electron chi connectivity index (χ3n) is 5.57. The number of halogens is 1. The summed E-state index contributed by atoms with van der Waals surface area (Å²) in [6, 6.07) is 14.8. The molecular weight excluding hydrogens is 353 g/mol. The van der Waals surface area contributed by atoms with Crippen LogP contribution in [0.4, 0.5) is 4.39 Å². The summed E-state index contributed by atoms with van der Waals surface area (Å²) >= 11 is 0. The SMILES string of the molecule is Cc1ccc(-n2cc(CN3CCC(CO)CC3)c(-c3ccc(F)cc3)n2)cc1. The highest BCUT2D eigenvalue weighted by Gasteiger charge is 2.21. The molecule has 0 aliphatic carbocycles. The van der Waals surface area contributed by atoms with Crippen LogP contribution in [-0.4, -0.2) is 39.5 Å². The number of aryl methyl sites for hydroxylation is 1. The molecule has 0 radical (unpaired) electrons. The lowest BCUT2D eigenvalue weighted by molar-refractivity contribution is 0.127. The number of nitrogens with zero attached hydrogens (tertiary/aromatic N) is 3. The summed E-state index contributed by atoms with van der Waals surface area (Å²) in [5, 5.41) is 14.2. The second-order valence-electron chi connectivity index (χ2n) is 7.69. The van der Waals surface area contributed by atoms with Crippen molar-refractivity contribution in [3.8, 4) is 16.9 Å². The molecule has 3 aromatic rings. The quantitative estimate of drug-likeness (QED) is 0.723. The van der Waals surface area contributed by atoms with Gasteiger partial charge in [-0.25, -0.2) is 9.07 Å². The minimum Gasteiger partial charge on any atom is -0.396 e. The summed E-state index contributed by atoms with van der Waals surface area (Å²) in [6.07, 6.45) is 4.13. The predicted molar refractivity (Wildman–Crippen MR) is 109 cm³/mol. The first-order valence-electron chi connectivity index (χ1n) is 9.87. The zero-order valence-electron chi connectivity index (χ0n) is 16.2. The molecular formula is C23H26FN3O. The van der Waals surface area contributed by atoms with E-state index in [2.05, 4.69) is 42.3 Å². The fourth-order valence-corrected chi connectivity index (χ4v) is 3.77. The van der Waals surface area contributed by atoms with Gasteiger partial charge in [-0.05, 0) is 75.2 Å². The van der Waals surface area contributed by atoms with Gasteiger partial charge in [0.15, 0.2) is 0 Å². The lowest BCUT2D eigenvalue weighted by atomic mass is 9.97. The van der Waals surface area contributed by atoms with Crippen molar-refractivity contribution in [2.24, 2.45) is 5.92 Å². The summed E-state index contributed by atoms with van der Waals surface area (Å²) in [4.78, 5) is 2.41. The number of likely N-dealkylation sites (tertiary alicyclic amines) is 1. The maximum Gasteiger partial charge on any atom is 0.123 e. The molecule has 1 aromatic heterocycles. The Morgan fingerprint density at radius 2 is 1.71 bits per heavy atom. The van der Waals surface area contributed by atoms with Gasteiger partial charge in [-0.3, -0.25) is 4.90 Å². The van der Waals surface area contributed by atoms with Crippen LogP contribution in [0.15, 0.2) is 54.7 Å². The van der Waals surface area contributed by atoms with Crippen LogP contribution in [-0.2, 0) is 6.54 Å². The number of hydrogen-bond acceptors (Lipinski definition) is 3. The van der Waals surface area contributed by atoms with Gasteiger partial charge in [0.2, 0.25) is 0 Å². The van der Waals surface area contributed by atoms with Gasteiger partial charge in [-0.15, -0.1) is 0 Å². The van der Waals surface area contributed by atoms with Crippen molar-refractivity contribution in [2.45, 2.75) is 26.3 Å². The van der Waals surface area contributed by atoms with Crippen LogP contribution in [0.25, 0.3) is 16.9 Å². The predicted octanol–water partition coefficient (Wildman–Crippen LogP) is 4.19. The van der Waals surface area contributed by atoms with E-state index in [9.17, 15) is 9.50 Å².